The molecule has 0 aromatic carbocycles. The molecule has 2 N–H and O–H groups in total. The van der Waals surface area contributed by atoms with Crippen molar-refractivity contribution >= 4 is 5.84 Å². The lowest BCUT2D eigenvalue weighted by Gasteiger charge is -2.33. The summed E-state index contributed by atoms with van der Waals surface area (Å²) in [7, 11) is 2.17. The van der Waals surface area contributed by atoms with Gasteiger partial charge in [-0.1, -0.05) is 0 Å². The van der Waals surface area contributed by atoms with Gasteiger partial charge in [0.1, 0.15) is 0 Å². The maximum Gasteiger partial charge on any atom is 0.0909 e. The summed E-state index contributed by atoms with van der Waals surface area (Å²) in [6.45, 7) is 5.25. The summed E-state index contributed by atoms with van der Waals surface area (Å²) in [5.41, 5.74) is 5.54. The number of nitrogens with zero attached hydrogens (tertiary/aromatic N) is 2. The van der Waals surface area contributed by atoms with Crippen molar-refractivity contribution in [3.8, 4) is 0 Å². The molecule has 1 fully saturated rings. The van der Waals surface area contributed by atoms with Crippen LogP contribution in [0.5, 0.6) is 0 Å². The van der Waals surface area contributed by atoms with E-state index in [1.54, 1.807) is 0 Å². The van der Waals surface area contributed by atoms with Crippen molar-refractivity contribution in [1.82, 2.24) is 4.90 Å². The zero-order chi connectivity index (χ0) is 9.14. The van der Waals surface area contributed by atoms with E-state index >= 15 is 0 Å². The molecule has 3 nitrogen and oxygen atoms in total. The summed E-state index contributed by atoms with van der Waals surface area (Å²) < 4.78 is 0. The van der Waals surface area contributed by atoms with E-state index < -0.39 is 0 Å². The van der Waals surface area contributed by atoms with Crippen LogP contribution in [0.1, 0.15) is 26.7 Å². The minimum atomic E-state index is 0.459. The van der Waals surface area contributed by atoms with E-state index in [1.807, 2.05) is 6.92 Å². The van der Waals surface area contributed by atoms with E-state index in [4.69, 9.17) is 5.73 Å². The van der Waals surface area contributed by atoms with Gasteiger partial charge in [0.15, 0.2) is 0 Å². The first-order chi connectivity index (χ1) is 5.59. The molecule has 0 aliphatic carbocycles. The third-order valence-corrected chi connectivity index (χ3v) is 2.57. The summed E-state index contributed by atoms with van der Waals surface area (Å²) in [5.74, 6) is 0.719. The molecule has 12 heavy (non-hydrogen) atoms. The van der Waals surface area contributed by atoms with Gasteiger partial charge in [-0.05, 0) is 33.7 Å². The first-order valence-electron chi connectivity index (χ1n) is 4.59. The highest BCUT2D eigenvalue weighted by Crippen LogP contribution is 2.17. The molecule has 0 saturated carbocycles. The molecule has 70 valence electrons. The van der Waals surface area contributed by atoms with E-state index in [2.05, 4.69) is 23.9 Å². The van der Waals surface area contributed by atoms with Crippen LogP contribution in [0.2, 0.25) is 0 Å². The van der Waals surface area contributed by atoms with Gasteiger partial charge in [-0.3, -0.25) is 4.99 Å². The Labute approximate surface area is 74.6 Å². The lowest BCUT2D eigenvalue weighted by molar-refractivity contribution is 0.184. The summed E-state index contributed by atoms with van der Waals surface area (Å²) in [6.07, 6.45) is 2.29. The Morgan fingerprint density at radius 1 is 1.58 bits per heavy atom. The van der Waals surface area contributed by atoms with Gasteiger partial charge in [-0.25, -0.2) is 0 Å². The second-order valence-electron chi connectivity index (χ2n) is 3.78. The van der Waals surface area contributed by atoms with Crippen molar-refractivity contribution in [2.45, 2.75) is 38.8 Å². The molecule has 1 rings (SSSR count). The van der Waals surface area contributed by atoms with Gasteiger partial charge >= 0.3 is 0 Å². The number of nitrogens with two attached hydrogens (primary N) is 1. The maximum atomic E-state index is 5.54. The van der Waals surface area contributed by atoms with E-state index in [0.29, 0.717) is 12.1 Å². The lowest BCUT2D eigenvalue weighted by Crippen LogP contribution is -2.39. The molecule has 3 heteroatoms. The average molecular weight is 169 g/mol. The fraction of sp³-hybridized carbons (Fsp3) is 0.889. The Morgan fingerprint density at radius 2 is 2.25 bits per heavy atom. The Balaban J connectivity index is 2.46. The first kappa shape index (κ1) is 9.52. The number of piperidine rings is 1. The van der Waals surface area contributed by atoms with Gasteiger partial charge in [0.25, 0.3) is 0 Å². The molecule has 0 amide bonds. The van der Waals surface area contributed by atoms with Gasteiger partial charge in [-0.15, -0.1) is 0 Å². The molecular weight excluding hydrogens is 150 g/mol. The second kappa shape index (κ2) is 3.90. The Kier molecular flexibility index (Phi) is 3.09. The predicted octanol–water partition coefficient (Wildman–Crippen LogP) is 0.846. The van der Waals surface area contributed by atoms with E-state index in [1.165, 1.54) is 0 Å². The minimum absolute atomic E-state index is 0.459. The number of likely N-dealkylation sites (tertiary alicyclic amines) is 1. The van der Waals surface area contributed by atoms with Crippen molar-refractivity contribution < 1.29 is 0 Å². The molecule has 1 aliphatic rings. The number of amidine groups is 1. The van der Waals surface area contributed by atoms with E-state index in [0.717, 1.165) is 25.2 Å². The highest BCUT2D eigenvalue weighted by molar-refractivity contribution is 5.77. The topological polar surface area (TPSA) is 41.6 Å². The van der Waals surface area contributed by atoms with Crippen LogP contribution in [0.3, 0.4) is 0 Å². The Morgan fingerprint density at radius 3 is 2.75 bits per heavy atom. The quantitative estimate of drug-likeness (QED) is 0.467. The minimum Gasteiger partial charge on any atom is -0.388 e. The zero-order valence-electron chi connectivity index (χ0n) is 8.25. The van der Waals surface area contributed by atoms with Crippen LogP contribution in [-0.2, 0) is 0 Å². The number of hydrogen-bond donors (Lipinski definition) is 1. The Bertz CT molecular complexity index is 173. The van der Waals surface area contributed by atoms with Crippen molar-refractivity contribution in [1.29, 1.82) is 0 Å². The molecule has 0 radical (unpaired) electrons. The SMILES string of the molecule is CC(N)=NC1CCN(C)C(C)C1. The van der Waals surface area contributed by atoms with E-state index in [-0.39, 0.29) is 0 Å². The molecule has 2 atom stereocenters. The summed E-state index contributed by atoms with van der Waals surface area (Å²) >= 11 is 0. The smallest absolute Gasteiger partial charge is 0.0909 e. The predicted molar refractivity (Wildman–Crippen MR) is 52.4 cm³/mol. The van der Waals surface area contributed by atoms with Gasteiger partial charge in [0, 0.05) is 12.6 Å². The highest BCUT2D eigenvalue weighted by atomic mass is 15.1. The Hall–Kier alpha value is -0.570. The molecule has 1 aliphatic heterocycles. The average Bonchev–Trinajstić information content (AvgIpc) is 1.96. The molecule has 2 unspecified atom stereocenters. The third-order valence-electron chi connectivity index (χ3n) is 2.57. The highest BCUT2D eigenvalue weighted by Gasteiger charge is 2.21. The first-order valence-corrected chi connectivity index (χ1v) is 4.59. The molecule has 0 bridgehead atoms. The van der Waals surface area contributed by atoms with Crippen molar-refractivity contribution in [2.24, 2.45) is 10.7 Å². The molecular formula is C9H19N3. The molecule has 1 heterocycles. The standard InChI is InChI=1S/C9H19N3/c1-7-6-9(11-8(2)10)4-5-12(7)3/h7,9H,4-6H2,1-3H3,(H2,10,11). The maximum absolute atomic E-state index is 5.54. The molecule has 0 aromatic heterocycles. The summed E-state index contributed by atoms with van der Waals surface area (Å²) in [4.78, 5) is 6.76. The fourth-order valence-electron chi connectivity index (χ4n) is 1.67. The van der Waals surface area contributed by atoms with Gasteiger partial charge < -0.3 is 10.6 Å². The molecule has 1 saturated heterocycles. The molecule has 0 spiro atoms. The normalized spacial score (nSPS) is 33.8. The molecule has 0 aromatic rings. The monoisotopic (exact) mass is 169 g/mol. The van der Waals surface area contributed by atoms with Crippen LogP contribution in [0.4, 0.5) is 0 Å². The van der Waals surface area contributed by atoms with Crippen LogP contribution < -0.4 is 5.73 Å². The van der Waals surface area contributed by atoms with Crippen molar-refractivity contribution in [3.63, 3.8) is 0 Å². The lowest BCUT2D eigenvalue weighted by atomic mass is 10.00. The van der Waals surface area contributed by atoms with Crippen LogP contribution >= 0.6 is 0 Å². The second-order valence-corrected chi connectivity index (χ2v) is 3.78. The third kappa shape index (κ3) is 2.48. The van der Waals surface area contributed by atoms with Crippen molar-refractivity contribution in [2.75, 3.05) is 13.6 Å². The van der Waals surface area contributed by atoms with E-state index in [9.17, 15) is 0 Å². The van der Waals surface area contributed by atoms with Crippen molar-refractivity contribution in [3.05, 3.63) is 0 Å². The van der Waals surface area contributed by atoms with Gasteiger partial charge in [0.2, 0.25) is 0 Å². The van der Waals surface area contributed by atoms with Crippen LogP contribution in [0, 0.1) is 0 Å². The van der Waals surface area contributed by atoms with Crippen LogP contribution in [-0.4, -0.2) is 36.4 Å². The van der Waals surface area contributed by atoms with Gasteiger partial charge in [0.05, 0.1) is 11.9 Å². The number of aliphatic imine (C=N–C) groups is 1. The zero-order valence-corrected chi connectivity index (χ0v) is 8.25. The van der Waals surface area contributed by atoms with Gasteiger partial charge in [-0.2, -0.15) is 0 Å². The largest absolute Gasteiger partial charge is 0.388 e. The van der Waals surface area contributed by atoms with Crippen LogP contribution in [0.25, 0.3) is 0 Å². The number of rotatable bonds is 1. The summed E-state index contributed by atoms with van der Waals surface area (Å²) in [5, 5.41) is 0. The summed E-state index contributed by atoms with van der Waals surface area (Å²) in [6, 6.07) is 1.10. The number of hydrogen-bond acceptors (Lipinski definition) is 2. The fourth-order valence-corrected chi connectivity index (χ4v) is 1.67. The van der Waals surface area contributed by atoms with Crippen LogP contribution in [0.15, 0.2) is 4.99 Å².